The van der Waals surface area contributed by atoms with E-state index in [0.29, 0.717) is 17.6 Å². The van der Waals surface area contributed by atoms with Crippen molar-refractivity contribution in [2.75, 3.05) is 25.0 Å². The van der Waals surface area contributed by atoms with Crippen LogP contribution in [0.5, 0.6) is 0 Å². The fourth-order valence-corrected chi connectivity index (χ4v) is 3.09. The maximum absolute atomic E-state index is 12.1. The Morgan fingerprint density at radius 3 is 2.85 bits per heavy atom. The van der Waals surface area contributed by atoms with Crippen molar-refractivity contribution >= 4 is 28.9 Å². The molecule has 6 heteroatoms. The number of rotatable bonds is 7. The fraction of sp³-hybridized carbons (Fsp3) is 0.300. The van der Waals surface area contributed by atoms with Crippen LogP contribution in [0.25, 0.3) is 0 Å². The van der Waals surface area contributed by atoms with Gasteiger partial charge < -0.3 is 16.0 Å². The summed E-state index contributed by atoms with van der Waals surface area (Å²) in [4.78, 5) is 17.8. The molecule has 1 heterocycles. The largest absolute Gasteiger partial charge is 0.357 e. The molecule has 26 heavy (non-hydrogen) atoms. The van der Waals surface area contributed by atoms with Crippen LogP contribution in [-0.4, -0.2) is 31.5 Å². The molecular weight excluding hydrogens is 344 g/mol. The highest BCUT2D eigenvalue weighted by atomic mass is 32.1. The number of hydrogen-bond acceptors (Lipinski definition) is 3. The molecular formula is C20H24N4OS. The first-order chi connectivity index (χ1) is 12.6. The van der Waals surface area contributed by atoms with Crippen LogP contribution in [0.15, 0.2) is 46.8 Å². The number of guanidine groups is 1. The van der Waals surface area contributed by atoms with Crippen molar-refractivity contribution in [2.45, 2.75) is 19.8 Å². The quantitative estimate of drug-likeness (QED) is 0.400. The molecule has 1 aromatic heterocycles. The number of thiophene rings is 1. The smallest absolute Gasteiger partial charge is 0.246 e. The molecule has 1 amide bonds. The van der Waals surface area contributed by atoms with E-state index in [2.05, 4.69) is 51.3 Å². The lowest BCUT2D eigenvalue weighted by molar-refractivity contribution is -0.114. The van der Waals surface area contributed by atoms with Crippen molar-refractivity contribution in [3.8, 4) is 12.3 Å². The summed E-state index contributed by atoms with van der Waals surface area (Å²) < 4.78 is 0. The summed E-state index contributed by atoms with van der Waals surface area (Å²) in [7, 11) is 0. The molecule has 0 aliphatic heterocycles. The lowest BCUT2D eigenvalue weighted by atomic mass is 10.1. The van der Waals surface area contributed by atoms with Gasteiger partial charge in [-0.05, 0) is 36.6 Å². The lowest BCUT2D eigenvalue weighted by Gasteiger charge is -2.15. The molecule has 0 radical (unpaired) electrons. The second kappa shape index (κ2) is 10.3. The number of carbonyl (C=O) groups excluding carboxylic acids is 1. The number of nitrogens with zero attached hydrogens (tertiary/aromatic N) is 1. The van der Waals surface area contributed by atoms with Crippen LogP contribution in [0.2, 0.25) is 0 Å². The Morgan fingerprint density at radius 2 is 2.15 bits per heavy atom. The van der Waals surface area contributed by atoms with Gasteiger partial charge in [-0.15, -0.1) is 17.8 Å². The van der Waals surface area contributed by atoms with Crippen LogP contribution >= 0.6 is 11.3 Å². The average Bonchev–Trinajstić information content (AvgIpc) is 3.18. The molecule has 0 bridgehead atoms. The average molecular weight is 369 g/mol. The summed E-state index contributed by atoms with van der Waals surface area (Å²) in [6, 6.07) is 11.4. The first kappa shape index (κ1) is 19.5. The molecule has 2 aromatic rings. The molecule has 0 spiro atoms. The van der Waals surface area contributed by atoms with Gasteiger partial charge in [-0.2, -0.15) is 0 Å². The van der Waals surface area contributed by atoms with E-state index in [4.69, 9.17) is 6.42 Å². The molecule has 0 aliphatic rings. The summed E-state index contributed by atoms with van der Waals surface area (Å²) in [5.41, 5.74) is 1.40. The van der Waals surface area contributed by atoms with Gasteiger partial charge in [0.15, 0.2) is 5.96 Å². The van der Waals surface area contributed by atoms with Gasteiger partial charge in [0, 0.05) is 35.1 Å². The minimum absolute atomic E-state index is 0.0308. The number of anilines is 1. The minimum Gasteiger partial charge on any atom is -0.357 e. The Bertz CT molecular complexity index is 777. The van der Waals surface area contributed by atoms with Gasteiger partial charge in [0.1, 0.15) is 6.54 Å². The highest BCUT2D eigenvalue weighted by Gasteiger charge is 2.08. The third-order valence-corrected chi connectivity index (χ3v) is 4.75. The van der Waals surface area contributed by atoms with Crippen molar-refractivity contribution in [1.29, 1.82) is 0 Å². The van der Waals surface area contributed by atoms with Gasteiger partial charge in [0.05, 0.1) is 0 Å². The number of nitrogens with one attached hydrogen (secondary N) is 3. The van der Waals surface area contributed by atoms with E-state index in [1.807, 2.05) is 19.1 Å². The van der Waals surface area contributed by atoms with Crippen molar-refractivity contribution < 1.29 is 4.79 Å². The van der Waals surface area contributed by atoms with Gasteiger partial charge in [-0.25, -0.2) is 4.99 Å². The van der Waals surface area contributed by atoms with Gasteiger partial charge in [-0.1, -0.05) is 25.0 Å². The minimum atomic E-state index is -0.192. The number of hydrogen-bond donors (Lipinski definition) is 3. The van der Waals surface area contributed by atoms with E-state index < -0.39 is 0 Å². The number of benzene rings is 1. The van der Waals surface area contributed by atoms with Crippen LogP contribution in [0.3, 0.4) is 0 Å². The fourth-order valence-electron chi connectivity index (χ4n) is 2.30. The zero-order valence-electron chi connectivity index (χ0n) is 15.1. The standard InChI is InChI=1S/C20H24N4OS/c1-4-16-8-6-9-17(12-16)24-19(25)14-23-20(21-5-2)22-13-15(3)18-10-7-11-26-18/h1,6-12,15H,5,13-14H2,2-3H3,(H,24,25)(H2,21,22,23). The molecule has 1 atom stereocenters. The third-order valence-electron chi connectivity index (χ3n) is 3.64. The predicted octanol–water partition coefficient (Wildman–Crippen LogP) is 3.03. The first-order valence-corrected chi connectivity index (χ1v) is 9.42. The van der Waals surface area contributed by atoms with Crippen LogP contribution in [0, 0.1) is 12.3 Å². The Kier molecular flexibility index (Phi) is 7.72. The van der Waals surface area contributed by atoms with Gasteiger partial charge in [0.25, 0.3) is 0 Å². The zero-order chi connectivity index (χ0) is 18.8. The van der Waals surface area contributed by atoms with Crippen LogP contribution in [0.1, 0.15) is 30.2 Å². The number of aliphatic imine (C=N–C) groups is 1. The lowest BCUT2D eigenvalue weighted by Crippen LogP contribution is -2.39. The van der Waals surface area contributed by atoms with Gasteiger partial charge in [0.2, 0.25) is 5.91 Å². The van der Waals surface area contributed by atoms with E-state index in [-0.39, 0.29) is 12.5 Å². The Labute approximate surface area is 158 Å². The van der Waals surface area contributed by atoms with Crippen molar-refractivity contribution in [3.05, 3.63) is 52.2 Å². The first-order valence-electron chi connectivity index (χ1n) is 8.54. The second-order valence-electron chi connectivity index (χ2n) is 5.77. The van der Waals surface area contributed by atoms with Crippen molar-refractivity contribution in [1.82, 2.24) is 10.6 Å². The molecule has 0 saturated carbocycles. The molecule has 0 fully saturated rings. The molecule has 1 aromatic carbocycles. The number of amides is 1. The molecule has 0 saturated heterocycles. The van der Waals surface area contributed by atoms with Gasteiger partial charge in [-0.3, -0.25) is 4.79 Å². The normalized spacial score (nSPS) is 12.1. The van der Waals surface area contributed by atoms with Crippen molar-refractivity contribution in [3.63, 3.8) is 0 Å². The Morgan fingerprint density at radius 1 is 1.31 bits per heavy atom. The maximum Gasteiger partial charge on any atom is 0.246 e. The molecule has 136 valence electrons. The Hall–Kier alpha value is -2.78. The second-order valence-corrected chi connectivity index (χ2v) is 6.75. The predicted molar refractivity (Wildman–Crippen MR) is 110 cm³/mol. The monoisotopic (exact) mass is 368 g/mol. The summed E-state index contributed by atoms with van der Waals surface area (Å²) in [6.07, 6.45) is 5.37. The van der Waals surface area contributed by atoms with E-state index in [1.54, 1.807) is 23.5 Å². The SMILES string of the molecule is C#Cc1cccc(NC(=O)CN=C(NCC)NCC(C)c2cccs2)c1. The highest BCUT2D eigenvalue weighted by molar-refractivity contribution is 7.10. The number of carbonyl (C=O) groups is 1. The van der Waals surface area contributed by atoms with Crippen LogP contribution in [-0.2, 0) is 4.79 Å². The molecule has 2 rings (SSSR count). The van der Waals surface area contributed by atoms with E-state index in [0.717, 1.165) is 18.7 Å². The summed E-state index contributed by atoms with van der Waals surface area (Å²) in [5.74, 6) is 3.36. The summed E-state index contributed by atoms with van der Waals surface area (Å²) >= 11 is 1.74. The van der Waals surface area contributed by atoms with E-state index in [1.165, 1.54) is 4.88 Å². The summed E-state index contributed by atoms with van der Waals surface area (Å²) in [5, 5.41) is 11.3. The number of terminal acetylenes is 1. The van der Waals surface area contributed by atoms with Crippen molar-refractivity contribution in [2.24, 2.45) is 4.99 Å². The molecule has 1 unspecified atom stereocenters. The maximum atomic E-state index is 12.1. The molecule has 0 aliphatic carbocycles. The zero-order valence-corrected chi connectivity index (χ0v) is 15.9. The molecule has 3 N–H and O–H groups in total. The third kappa shape index (κ3) is 6.26. The highest BCUT2D eigenvalue weighted by Crippen LogP contribution is 2.19. The Balaban J connectivity index is 1.88. The van der Waals surface area contributed by atoms with E-state index >= 15 is 0 Å². The topological polar surface area (TPSA) is 65.5 Å². The van der Waals surface area contributed by atoms with E-state index in [9.17, 15) is 4.79 Å². The molecule has 5 nitrogen and oxygen atoms in total. The summed E-state index contributed by atoms with van der Waals surface area (Å²) in [6.45, 7) is 5.66. The van der Waals surface area contributed by atoms with Crippen LogP contribution in [0.4, 0.5) is 5.69 Å². The van der Waals surface area contributed by atoms with Gasteiger partial charge >= 0.3 is 0 Å². The van der Waals surface area contributed by atoms with Crippen LogP contribution < -0.4 is 16.0 Å².